The van der Waals surface area contributed by atoms with Crippen molar-refractivity contribution in [1.82, 2.24) is 5.01 Å². The Morgan fingerprint density at radius 2 is 1.83 bits per heavy atom. The van der Waals surface area contributed by atoms with E-state index in [1.165, 1.54) is 4.90 Å². The van der Waals surface area contributed by atoms with E-state index in [1.54, 1.807) is 41.7 Å². The summed E-state index contributed by atoms with van der Waals surface area (Å²) >= 11 is 1.62. The van der Waals surface area contributed by atoms with E-state index in [2.05, 4.69) is 0 Å². The van der Waals surface area contributed by atoms with E-state index in [9.17, 15) is 14.7 Å². The summed E-state index contributed by atoms with van der Waals surface area (Å²) in [5.41, 5.74) is 2.99. The minimum absolute atomic E-state index is 0.0941. The molecular weight excluding hydrogens is 386 g/mol. The van der Waals surface area contributed by atoms with E-state index < -0.39 is 11.7 Å². The van der Waals surface area contributed by atoms with Gasteiger partial charge in [-0.3, -0.25) is 19.5 Å². The largest absolute Gasteiger partial charge is 0.508 e. The lowest BCUT2D eigenvalue weighted by Crippen LogP contribution is -2.39. The second-order valence-corrected chi connectivity index (χ2v) is 7.94. The molecule has 1 aromatic heterocycles. The van der Waals surface area contributed by atoms with E-state index >= 15 is 0 Å². The highest BCUT2D eigenvalue weighted by atomic mass is 32.1. The molecule has 0 bridgehead atoms. The maximum Gasteiger partial charge on any atom is 0.301 e. The molecule has 2 aliphatic heterocycles. The number of para-hydroxylation sites is 1. The van der Waals surface area contributed by atoms with Gasteiger partial charge in [0.15, 0.2) is 0 Å². The van der Waals surface area contributed by atoms with Crippen LogP contribution in [0, 0.1) is 0 Å². The maximum atomic E-state index is 12.6. The highest BCUT2D eigenvalue weighted by molar-refractivity contribution is 7.12. The summed E-state index contributed by atoms with van der Waals surface area (Å²) in [7, 11) is 0. The number of carbonyl (C=O) groups is 2. The number of carbonyl (C=O) groups excluding carboxylic acids is 2. The third-order valence-electron chi connectivity index (χ3n) is 5.24. The molecule has 0 saturated heterocycles. The van der Waals surface area contributed by atoms with Crippen molar-refractivity contribution in [3.05, 3.63) is 82.0 Å². The molecule has 0 aliphatic carbocycles. The highest BCUT2D eigenvalue weighted by Crippen LogP contribution is 2.36. The molecule has 0 radical (unpaired) electrons. The quantitative estimate of drug-likeness (QED) is 0.673. The summed E-state index contributed by atoms with van der Waals surface area (Å²) in [6, 6.07) is 18.0. The number of rotatable bonds is 4. The van der Waals surface area contributed by atoms with E-state index in [1.807, 2.05) is 40.7 Å². The highest BCUT2D eigenvalue weighted by Gasteiger charge is 2.39. The number of phenolic OH excluding ortho intramolecular Hbond substituents is 1. The molecule has 1 atom stereocenters. The van der Waals surface area contributed by atoms with E-state index in [0.29, 0.717) is 17.7 Å². The summed E-state index contributed by atoms with van der Waals surface area (Å²) in [6.07, 6.45) is 0.683. The number of thiophene rings is 1. The Morgan fingerprint density at radius 1 is 1.03 bits per heavy atom. The zero-order valence-electron chi connectivity index (χ0n) is 15.4. The van der Waals surface area contributed by atoms with Crippen molar-refractivity contribution in [3.8, 4) is 5.75 Å². The van der Waals surface area contributed by atoms with Crippen LogP contribution in [0.3, 0.4) is 0 Å². The van der Waals surface area contributed by atoms with Gasteiger partial charge < -0.3 is 5.11 Å². The predicted octanol–water partition coefficient (Wildman–Crippen LogP) is 3.79. The van der Waals surface area contributed by atoms with Crippen LogP contribution < -0.4 is 4.90 Å². The number of nitrogens with zero attached hydrogens (tertiary/aromatic N) is 3. The summed E-state index contributed by atoms with van der Waals surface area (Å²) in [5.74, 6) is -0.814. The Balaban J connectivity index is 1.50. The first-order valence-electron chi connectivity index (χ1n) is 9.24. The molecule has 2 aliphatic rings. The number of phenols is 1. The van der Waals surface area contributed by atoms with Gasteiger partial charge in [0.2, 0.25) is 0 Å². The fourth-order valence-electron chi connectivity index (χ4n) is 3.80. The molecule has 2 aromatic carbocycles. The van der Waals surface area contributed by atoms with Crippen molar-refractivity contribution >= 4 is 34.4 Å². The zero-order chi connectivity index (χ0) is 20.0. The number of hydrogen-bond acceptors (Lipinski definition) is 6. The van der Waals surface area contributed by atoms with Crippen LogP contribution in [-0.2, 0) is 4.79 Å². The van der Waals surface area contributed by atoms with E-state index in [4.69, 9.17) is 5.10 Å². The molecule has 3 heterocycles. The summed E-state index contributed by atoms with van der Waals surface area (Å²) in [6.45, 7) is 0.183. The summed E-state index contributed by atoms with van der Waals surface area (Å²) in [5, 5.41) is 18.3. The van der Waals surface area contributed by atoms with E-state index in [-0.39, 0.29) is 18.5 Å². The lowest BCUT2D eigenvalue weighted by molar-refractivity contribution is -0.114. The molecule has 0 fully saturated rings. The molecule has 3 aromatic rings. The molecule has 7 heteroatoms. The molecule has 0 spiro atoms. The molecular formula is C22H17N3O3S. The number of Topliss-reactive ketones (excluding diaryl/α,β-unsaturated/α-hetero) is 1. The van der Waals surface area contributed by atoms with Gasteiger partial charge in [0.25, 0.3) is 5.78 Å². The van der Waals surface area contributed by atoms with Gasteiger partial charge in [-0.1, -0.05) is 30.3 Å². The number of aromatic hydroxyl groups is 1. The maximum absolute atomic E-state index is 12.6. The average molecular weight is 403 g/mol. The number of amides is 1. The van der Waals surface area contributed by atoms with Gasteiger partial charge in [0, 0.05) is 6.42 Å². The van der Waals surface area contributed by atoms with Gasteiger partial charge in [-0.2, -0.15) is 5.10 Å². The van der Waals surface area contributed by atoms with Gasteiger partial charge in [0.05, 0.1) is 27.9 Å². The molecule has 0 saturated carbocycles. The monoisotopic (exact) mass is 403 g/mol. The molecule has 29 heavy (non-hydrogen) atoms. The fraction of sp³-hybridized carbons (Fsp3) is 0.136. The second-order valence-electron chi connectivity index (χ2n) is 7.00. The van der Waals surface area contributed by atoms with Crippen molar-refractivity contribution in [2.75, 3.05) is 11.6 Å². The van der Waals surface area contributed by atoms with E-state index in [0.717, 1.165) is 16.2 Å². The molecule has 1 unspecified atom stereocenters. The van der Waals surface area contributed by atoms with Crippen LogP contribution >= 0.6 is 11.3 Å². The van der Waals surface area contributed by atoms with Crippen molar-refractivity contribution in [1.29, 1.82) is 0 Å². The van der Waals surface area contributed by atoms with Crippen LogP contribution in [0.2, 0.25) is 0 Å². The standard InChI is InChI=1S/C22H17N3O3S/c26-15-9-7-14(8-10-15)19-12-17(20-6-3-11-29-20)23-25(19)13-24-18-5-2-1-4-16(18)21(27)22(24)28/h1-11,19,26H,12-13H2. The van der Waals surface area contributed by atoms with Crippen LogP contribution in [0.15, 0.2) is 71.1 Å². The third-order valence-corrected chi connectivity index (χ3v) is 6.16. The fourth-order valence-corrected chi connectivity index (χ4v) is 4.52. The Morgan fingerprint density at radius 3 is 2.59 bits per heavy atom. The van der Waals surface area contributed by atoms with Crippen molar-refractivity contribution in [2.45, 2.75) is 12.5 Å². The number of hydrogen-bond donors (Lipinski definition) is 1. The molecule has 6 nitrogen and oxygen atoms in total. The average Bonchev–Trinajstić information content (AvgIpc) is 3.45. The number of benzene rings is 2. The topological polar surface area (TPSA) is 73.2 Å². The first kappa shape index (κ1) is 17.6. The van der Waals surface area contributed by atoms with Crippen LogP contribution in [0.1, 0.15) is 33.3 Å². The lowest BCUT2D eigenvalue weighted by atomic mass is 10.0. The zero-order valence-corrected chi connectivity index (χ0v) is 16.2. The lowest BCUT2D eigenvalue weighted by Gasteiger charge is -2.28. The Bertz CT molecular complexity index is 1120. The Labute approximate surface area is 171 Å². The number of ketones is 1. The summed E-state index contributed by atoms with van der Waals surface area (Å²) < 4.78 is 0. The van der Waals surface area contributed by atoms with Gasteiger partial charge in [-0.25, -0.2) is 0 Å². The Kier molecular flexibility index (Phi) is 4.17. The number of anilines is 1. The molecule has 5 rings (SSSR count). The third kappa shape index (κ3) is 3.00. The number of hydrazone groups is 1. The van der Waals surface area contributed by atoms with Gasteiger partial charge >= 0.3 is 5.91 Å². The first-order valence-corrected chi connectivity index (χ1v) is 10.1. The predicted molar refractivity (Wildman–Crippen MR) is 111 cm³/mol. The normalized spacial score (nSPS) is 18.3. The van der Waals surface area contributed by atoms with Crippen molar-refractivity contribution in [3.63, 3.8) is 0 Å². The minimum atomic E-state index is -0.532. The molecule has 1 N–H and O–H groups in total. The SMILES string of the molecule is O=C1C(=O)N(CN2N=C(c3cccs3)CC2c2ccc(O)cc2)c2ccccc21. The van der Waals surface area contributed by atoms with Crippen LogP contribution in [0.5, 0.6) is 5.75 Å². The Hall–Kier alpha value is -3.45. The van der Waals surface area contributed by atoms with Crippen LogP contribution in [0.25, 0.3) is 0 Å². The van der Waals surface area contributed by atoms with Crippen LogP contribution in [-0.4, -0.2) is 34.2 Å². The molecule has 1 amide bonds. The van der Waals surface area contributed by atoms with Gasteiger partial charge in [0.1, 0.15) is 12.4 Å². The van der Waals surface area contributed by atoms with Gasteiger partial charge in [-0.05, 0) is 41.3 Å². The summed E-state index contributed by atoms with van der Waals surface area (Å²) in [4.78, 5) is 27.5. The molecule has 144 valence electrons. The number of fused-ring (bicyclic) bond motifs is 1. The van der Waals surface area contributed by atoms with Crippen LogP contribution in [0.4, 0.5) is 5.69 Å². The van der Waals surface area contributed by atoms with Crippen molar-refractivity contribution in [2.24, 2.45) is 5.10 Å². The smallest absolute Gasteiger partial charge is 0.301 e. The van der Waals surface area contributed by atoms with Crippen molar-refractivity contribution < 1.29 is 14.7 Å². The van der Waals surface area contributed by atoms with Gasteiger partial charge in [-0.15, -0.1) is 11.3 Å². The minimum Gasteiger partial charge on any atom is -0.508 e. The second kappa shape index (κ2) is 6.86. The first-order chi connectivity index (χ1) is 14.1.